The van der Waals surface area contributed by atoms with Crippen molar-refractivity contribution in [2.45, 2.75) is 13.0 Å². The molecule has 0 unspecified atom stereocenters. The average Bonchev–Trinajstić information content (AvgIpc) is 2.36. The van der Waals surface area contributed by atoms with Crippen LogP contribution in [-0.2, 0) is 9.59 Å². The predicted octanol–water partition coefficient (Wildman–Crippen LogP) is 0.701. The highest BCUT2D eigenvalue weighted by molar-refractivity contribution is 9.10. The summed E-state index contributed by atoms with van der Waals surface area (Å²) in [6.45, 7) is 1.70. The van der Waals surface area contributed by atoms with Gasteiger partial charge in [0.2, 0.25) is 11.8 Å². The molecule has 0 radical (unpaired) electrons. The van der Waals surface area contributed by atoms with E-state index in [-0.39, 0.29) is 30.9 Å². The Balaban J connectivity index is 2.50. The van der Waals surface area contributed by atoms with Gasteiger partial charge in [-0.3, -0.25) is 9.59 Å². The highest BCUT2D eigenvalue weighted by atomic mass is 79.9. The normalized spacial score (nSPS) is 11.7. The minimum atomic E-state index is -0.348. The summed E-state index contributed by atoms with van der Waals surface area (Å²) in [6, 6.07) is 7.51. The molecule has 18 heavy (non-hydrogen) atoms. The Labute approximate surface area is 114 Å². The van der Waals surface area contributed by atoms with Gasteiger partial charge < -0.3 is 16.4 Å². The van der Waals surface area contributed by atoms with Crippen molar-refractivity contribution in [3.8, 4) is 0 Å². The summed E-state index contributed by atoms with van der Waals surface area (Å²) in [7, 11) is 0. The number of hydrogen-bond acceptors (Lipinski definition) is 3. The largest absolute Gasteiger partial charge is 0.348 e. The third-order valence-electron chi connectivity index (χ3n) is 2.38. The summed E-state index contributed by atoms with van der Waals surface area (Å²) >= 11 is 3.42. The van der Waals surface area contributed by atoms with Crippen LogP contribution in [0.25, 0.3) is 0 Å². The van der Waals surface area contributed by atoms with Gasteiger partial charge in [-0.2, -0.15) is 0 Å². The Morgan fingerprint density at radius 1 is 1.33 bits per heavy atom. The fourth-order valence-electron chi connectivity index (χ4n) is 1.45. The smallest absolute Gasteiger partial charge is 0.239 e. The van der Waals surface area contributed by atoms with Gasteiger partial charge in [0.15, 0.2) is 0 Å². The van der Waals surface area contributed by atoms with Crippen LogP contribution in [0.3, 0.4) is 0 Å². The maximum atomic E-state index is 11.6. The molecule has 1 aromatic rings. The van der Waals surface area contributed by atoms with E-state index in [9.17, 15) is 9.59 Å². The predicted molar refractivity (Wildman–Crippen MR) is 72.8 cm³/mol. The summed E-state index contributed by atoms with van der Waals surface area (Å²) in [5, 5.41) is 5.21. The van der Waals surface area contributed by atoms with Crippen LogP contribution in [-0.4, -0.2) is 24.9 Å². The van der Waals surface area contributed by atoms with Crippen LogP contribution in [0.5, 0.6) is 0 Å². The molecule has 0 heterocycles. The SMILES string of the molecule is C[C@@H](NC(=O)CNC(=O)CN)c1ccccc1Br. The zero-order valence-electron chi connectivity index (χ0n) is 10.1. The summed E-state index contributed by atoms with van der Waals surface area (Å²) in [5.41, 5.74) is 6.10. The molecule has 0 saturated heterocycles. The number of carbonyl (C=O) groups is 2. The van der Waals surface area contributed by atoms with E-state index < -0.39 is 0 Å². The van der Waals surface area contributed by atoms with Gasteiger partial charge in [-0.05, 0) is 18.6 Å². The minimum Gasteiger partial charge on any atom is -0.348 e. The molecule has 0 bridgehead atoms. The minimum absolute atomic E-state index is 0.0647. The molecular formula is C12H16BrN3O2. The zero-order chi connectivity index (χ0) is 13.5. The van der Waals surface area contributed by atoms with E-state index in [0.29, 0.717) is 0 Å². The molecule has 6 heteroatoms. The van der Waals surface area contributed by atoms with Crippen molar-refractivity contribution >= 4 is 27.7 Å². The number of nitrogens with two attached hydrogens (primary N) is 1. The molecule has 1 atom stereocenters. The lowest BCUT2D eigenvalue weighted by atomic mass is 10.1. The highest BCUT2D eigenvalue weighted by Crippen LogP contribution is 2.22. The molecule has 0 spiro atoms. The van der Waals surface area contributed by atoms with Gasteiger partial charge in [0.25, 0.3) is 0 Å². The van der Waals surface area contributed by atoms with Crippen LogP contribution in [0.4, 0.5) is 0 Å². The molecule has 0 fully saturated rings. The second kappa shape index (κ2) is 7.13. The Kier molecular flexibility index (Phi) is 5.80. The first kappa shape index (κ1) is 14.7. The maximum absolute atomic E-state index is 11.6. The van der Waals surface area contributed by atoms with E-state index in [1.165, 1.54) is 0 Å². The van der Waals surface area contributed by atoms with Crippen LogP contribution in [0, 0.1) is 0 Å². The number of halogens is 1. The van der Waals surface area contributed by atoms with E-state index >= 15 is 0 Å². The average molecular weight is 314 g/mol. The van der Waals surface area contributed by atoms with Crippen molar-refractivity contribution in [2.24, 2.45) is 5.73 Å². The fraction of sp³-hybridized carbons (Fsp3) is 0.333. The van der Waals surface area contributed by atoms with Crippen LogP contribution in [0.2, 0.25) is 0 Å². The highest BCUT2D eigenvalue weighted by Gasteiger charge is 2.12. The molecule has 0 saturated carbocycles. The Bertz CT molecular complexity index is 437. The van der Waals surface area contributed by atoms with Crippen LogP contribution in [0.1, 0.15) is 18.5 Å². The van der Waals surface area contributed by atoms with E-state index in [2.05, 4.69) is 26.6 Å². The third-order valence-corrected chi connectivity index (χ3v) is 3.10. The standard InChI is InChI=1S/C12H16BrN3O2/c1-8(9-4-2-3-5-10(9)13)16-12(18)7-15-11(17)6-14/h2-5,8H,6-7,14H2,1H3,(H,15,17)(H,16,18)/t8-/m1/s1. The van der Waals surface area contributed by atoms with Crippen LogP contribution < -0.4 is 16.4 Å². The van der Waals surface area contributed by atoms with Crippen molar-refractivity contribution in [1.82, 2.24) is 10.6 Å². The number of carbonyl (C=O) groups excluding carboxylic acids is 2. The van der Waals surface area contributed by atoms with Crippen molar-refractivity contribution in [1.29, 1.82) is 0 Å². The number of amides is 2. The molecule has 1 rings (SSSR count). The molecule has 0 aliphatic heterocycles. The van der Waals surface area contributed by atoms with Crippen LogP contribution in [0.15, 0.2) is 28.7 Å². The maximum Gasteiger partial charge on any atom is 0.239 e. The molecule has 4 N–H and O–H groups in total. The summed E-state index contributed by atoms with van der Waals surface area (Å²) < 4.78 is 0.934. The lowest BCUT2D eigenvalue weighted by molar-refractivity contribution is -0.125. The molecular weight excluding hydrogens is 298 g/mol. The number of benzene rings is 1. The van der Waals surface area contributed by atoms with Crippen molar-refractivity contribution in [3.05, 3.63) is 34.3 Å². The van der Waals surface area contributed by atoms with Crippen molar-refractivity contribution in [3.63, 3.8) is 0 Å². The molecule has 0 aromatic heterocycles. The number of nitrogens with one attached hydrogen (secondary N) is 2. The zero-order valence-corrected chi connectivity index (χ0v) is 11.7. The number of hydrogen-bond donors (Lipinski definition) is 3. The van der Waals surface area contributed by atoms with Gasteiger partial charge in [-0.25, -0.2) is 0 Å². The Hall–Kier alpha value is -1.40. The first-order valence-corrected chi connectivity index (χ1v) is 6.34. The monoisotopic (exact) mass is 313 g/mol. The van der Waals surface area contributed by atoms with Crippen molar-refractivity contribution in [2.75, 3.05) is 13.1 Å². The summed E-state index contributed by atoms with van der Waals surface area (Å²) in [5.74, 6) is -0.598. The summed E-state index contributed by atoms with van der Waals surface area (Å²) in [6.07, 6.45) is 0. The first-order chi connectivity index (χ1) is 8.54. The molecule has 98 valence electrons. The lowest BCUT2D eigenvalue weighted by Gasteiger charge is -2.16. The van der Waals surface area contributed by atoms with E-state index in [4.69, 9.17) is 5.73 Å². The van der Waals surface area contributed by atoms with Gasteiger partial charge in [-0.1, -0.05) is 34.1 Å². The molecule has 0 aliphatic rings. The summed E-state index contributed by atoms with van der Waals surface area (Å²) in [4.78, 5) is 22.5. The van der Waals surface area contributed by atoms with Crippen LogP contribution >= 0.6 is 15.9 Å². The van der Waals surface area contributed by atoms with Gasteiger partial charge in [0.1, 0.15) is 0 Å². The Morgan fingerprint density at radius 3 is 2.61 bits per heavy atom. The Morgan fingerprint density at radius 2 is 2.00 bits per heavy atom. The van der Waals surface area contributed by atoms with Gasteiger partial charge in [0.05, 0.1) is 19.1 Å². The molecule has 2 amide bonds. The molecule has 0 aliphatic carbocycles. The quantitative estimate of drug-likeness (QED) is 0.748. The van der Waals surface area contributed by atoms with E-state index in [1.807, 2.05) is 31.2 Å². The second-order valence-corrected chi connectivity index (χ2v) is 4.65. The second-order valence-electron chi connectivity index (χ2n) is 3.79. The molecule has 5 nitrogen and oxygen atoms in total. The first-order valence-electron chi connectivity index (χ1n) is 5.55. The topological polar surface area (TPSA) is 84.2 Å². The van der Waals surface area contributed by atoms with Gasteiger partial charge in [-0.15, -0.1) is 0 Å². The number of rotatable bonds is 5. The van der Waals surface area contributed by atoms with E-state index in [0.717, 1.165) is 10.0 Å². The van der Waals surface area contributed by atoms with Crippen molar-refractivity contribution < 1.29 is 9.59 Å². The van der Waals surface area contributed by atoms with E-state index in [1.54, 1.807) is 0 Å². The van der Waals surface area contributed by atoms with Gasteiger partial charge >= 0.3 is 0 Å². The fourth-order valence-corrected chi connectivity index (χ4v) is 2.08. The third kappa shape index (κ3) is 4.46. The molecule has 1 aromatic carbocycles. The van der Waals surface area contributed by atoms with Gasteiger partial charge in [0, 0.05) is 4.47 Å². The lowest BCUT2D eigenvalue weighted by Crippen LogP contribution is -2.40.